The van der Waals surface area contributed by atoms with Gasteiger partial charge in [0, 0.05) is 16.9 Å². The smallest absolute Gasteiger partial charge is 0.279 e. The summed E-state index contributed by atoms with van der Waals surface area (Å²) in [4.78, 5) is 27.6. The molecule has 0 unspecified atom stereocenters. The Morgan fingerprint density at radius 1 is 1.07 bits per heavy atom. The van der Waals surface area contributed by atoms with Crippen LogP contribution >= 0.6 is 0 Å². The van der Waals surface area contributed by atoms with Crippen molar-refractivity contribution in [2.45, 2.75) is 27.2 Å². The fourth-order valence-electron chi connectivity index (χ4n) is 3.78. The first-order chi connectivity index (χ1) is 13.5. The molecular formula is C23H30N3O2+. The molecule has 2 N–H and O–H groups in total. The molecule has 0 aliphatic carbocycles. The number of anilines is 2. The van der Waals surface area contributed by atoms with E-state index in [-0.39, 0.29) is 11.7 Å². The monoisotopic (exact) mass is 380 g/mol. The Balaban J connectivity index is 1.53. The van der Waals surface area contributed by atoms with Crippen molar-refractivity contribution in [2.24, 2.45) is 0 Å². The maximum absolute atomic E-state index is 12.6. The minimum Gasteiger partial charge on any atom is -0.360 e. The van der Waals surface area contributed by atoms with E-state index < -0.39 is 0 Å². The maximum atomic E-state index is 12.6. The highest BCUT2D eigenvalue weighted by molar-refractivity contribution is 5.94. The minimum absolute atomic E-state index is 0.0817. The summed E-state index contributed by atoms with van der Waals surface area (Å²) >= 11 is 0. The number of nitrogens with one attached hydrogen (secondary N) is 2. The van der Waals surface area contributed by atoms with Crippen molar-refractivity contribution in [3.63, 3.8) is 0 Å². The minimum atomic E-state index is 0.0817. The van der Waals surface area contributed by atoms with Gasteiger partial charge in [-0.2, -0.15) is 0 Å². The number of rotatable bonds is 6. The third kappa shape index (κ3) is 4.78. The van der Waals surface area contributed by atoms with Crippen molar-refractivity contribution in [2.75, 3.05) is 42.9 Å². The van der Waals surface area contributed by atoms with Gasteiger partial charge in [-0.25, -0.2) is 0 Å². The topological polar surface area (TPSA) is 53.9 Å². The van der Waals surface area contributed by atoms with Crippen molar-refractivity contribution < 1.29 is 14.5 Å². The number of hydrogen-bond donors (Lipinski definition) is 2. The Kier molecular flexibility index (Phi) is 6.47. The molecule has 0 saturated carbocycles. The van der Waals surface area contributed by atoms with E-state index in [2.05, 4.69) is 23.2 Å². The number of hydrogen-bond acceptors (Lipinski definition) is 3. The summed E-state index contributed by atoms with van der Waals surface area (Å²) in [6, 6.07) is 14.0. The van der Waals surface area contributed by atoms with Crippen molar-refractivity contribution in [3.05, 3.63) is 59.2 Å². The molecule has 1 saturated heterocycles. The first-order valence-electron chi connectivity index (χ1n) is 10.1. The Morgan fingerprint density at radius 3 is 2.36 bits per heavy atom. The van der Waals surface area contributed by atoms with Crippen molar-refractivity contribution in [1.82, 2.24) is 0 Å². The van der Waals surface area contributed by atoms with Gasteiger partial charge in [-0.1, -0.05) is 25.1 Å². The van der Waals surface area contributed by atoms with Gasteiger partial charge in [-0.15, -0.1) is 0 Å². The number of Topliss-reactive ketones (excluding diaryl/α,β-unsaturated/α-hetero) is 1. The molecule has 1 aliphatic heterocycles. The summed E-state index contributed by atoms with van der Waals surface area (Å²) in [7, 11) is 0. The number of para-hydroxylation sites is 1. The molecule has 0 radical (unpaired) electrons. The molecule has 0 atom stereocenters. The van der Waals surface area contributed by atoms with Gasteiger partial charge in [0.25, 0.3) is 5.91 Å². The van der Waals surface area contributed by atoms with Gasteiger partial charge in [0.05, 0.1) is 26.2 Å². The first-order valence-corrected chi connectivity index (χ1v) is 10.1. The van der Waals surface area contributed by atoms with Gasteiger partial charge in [0.15, 0.2) is 12.3 Å². The number of piperazine rings is 1. The van der Waals surface area contributed by atoms with Crippen LogP contribution in [0.5, 0.6) is 0 Å². The molecule has 2 aromatic rings. The zero-order chi connectivity index (χ0) is 20.1. The lowest BCUT2D eigenvalue weighted by atomic mass is 10.1. The molecule has 3 rings (SSSR count). The van der Waals surface area contributed by atoms with E-state index in [0.29, 0.717) is 6.54 Å². The molecule has 1 amide bonds. The van der Waals surface area contributed by atoms with Crippen LogP contribution in [0.4, 0.5) is 11.4 Å². The second-order valence-corrected chi connectivity index (χ2v) is 7.53. The average molecular weight is 381 g/mol. The maximum Gasteiger partial charge on any atom is 0.279 e. The molecule has 0 spiro atoms. The van der Waals surface area contributed by atoms with E-state index in [0.717, 1.165) is 55.1 Å². The van der Waals surface area contributed by atoms with E-state index in [1.165, 1.54) is 10.5 Å². The largest absolute Gasteiger partial charge is 0.360 e. The lowest BCUT2D eigenvalue weighted by Crippen LogP contribution is -3.15. The summed E-state index contributed by atoms with van der Waals surface area (Å²) in [6.45, 7) is 9.90. The Hall–Kier alpha value is -2.66. The normalized spacial score (nSPS) is 14.8. The number of aryl methyl sites for hydroxylation is 2. The van der Waals surface area contributed by atoms with E-state index in [9.17, 15) is 9.59 Å². The third-order valence-corrected chi connectivity index (χ3v) is 5.52. The molecule has 5 nitrogen and oxygen atoms in total. The predicted molar refractivity (Wildman–Crippen MR) is 113 cm³/mol. The fourth-order valence-corrected chi connectivity index (χ4v) is 3.78. The first kappa shape index (κ1) is 20.1. The van der Waals surface area contributed by atoms with Crippen LogP contribution in [0.25, 0.3) is 0 Å². The van der Waals surface area contributed by atoms with E-state index in [1.54, 1.807) is 6.92 Å². The second kappa shape index (κ2) is 9.02. The quantitative estimate of drug-likeness (QED) is 0.755. The van der Waals surface area contributed by atoms with Gasteiger partial charge in [-0.3, -0.25) is 9.59 Å². The van der Waals surface area contributed by atoms with Crippen LogP contribution in [0.3, 0.4) is 0 Å². The van der Waals surface area contributed by atoms with Crippen LogP contribution in [-0.4, -0.2) is 44.4 Å². The van der Waals surface area contributed by atoms with Crippen LogP contribution in [0.1, 0.15) is 35.3 Å². The average Bonchev–Trinajstić information content (AvgIpc) is 2.70. The van der Waals surface area contributed by atoms with Gasteiger partial charge < -0.3 is 15.1 Å². The highest BCUT2D eigenvalue weighted by atomic mass is 16.2. The van der Waals surface area contributed by atoms with Gasteiger partial charge >= 0.3 is 0 Å². The van der Waals surface area contributed by atoms with Crippen LogP contribution in [0.15, 0.2) is 42.5 Å². The zero-order valence-electron chi connectivity index (χ0n) is 17.0. The predicted octanol–water partition coefficient (Wildman–Crippen LogP) is 2.10. The molecule has 148 valence electrons. The van der Waals surface area contributed by atoms with Gasteiger partial charge in [-0.05, 0) is 55.7 Å². The van der Waals surface area contributed by atoms with E-state index in [1.807, 2.05) is 43.3 Å². The number of carbonyl (C=O) groups excluding carboxylic acids is 2. The van der Waals surface area contributed by atoms with Gasteiger partial charge in [0.2, 0.25) is 0 Å². The molecule has 1 aliphatic rings. The number of carbonyl (C=O) groups is 2. The van der Waals surface area contributed by atoms with E-state index in [4.69, 9.17) is 0 Å². The lowest BCUT2D eigenvalue weighted by Gasteiger charge is -2.33. The number of amides is 1. The van der Waals surface area contributed by atoms with Crippen molar-refractivity contribution >= 4 is 23.1 Å². The standard InChI is InChI=1S/C23H29N3O2/c1-4-19-7-5-6-17(2)23(19)24-22(28)16-25-12-14-26(15-13-25)21-10-8-20(9-11-21)18(3)27/h5-11H,4,12-16H2,1-3H3,(H,24,28)/p+1. The molecule has 1 heterocycles. The molecular weight excluding hydrogens is 350 g/mol. The summed E-state index contributed by atoms with van der Waals surface area (Å²) < 4.78 is 0. The number of benzene rings is 2. The van der Waals surface area contributed by atoms with E-state index >= 15 is 0 Å². The fraction of sp³-hybridized carbons (Fsp3) is 0.391. The Labute approximate surface area is 167 Å². The van der Waals surface area contributed by atoms with Crippen LogP contribution in [0, 0.1) is 6.92 Å². The molecule has 0 bridgehead atoms. The Morgan fingerprint density at radius 2 is 1.75 bits per heavy atom. The molecule has 2 aromatic carbocycles. The third-order valence-electron chi connectivity index (χ3n) is 5.52. The number of ketones is 1. The summed E-state index contributed by atoms with van der Waals surface area (Å²) in [5.74, 6) is 0.171. The van der Waals surface area contributed by atoms with Crippen molar-refractivity contribution in [1.29, 1.82) is 0 Å². The molecule has 1 fully saturated rings. The van der Waals surface area contributed by atoms with Crippen molar-refractivity contribution in [3.8, 4) is 0 Å². The summed E-state index contributed by atoms with van der Waals surface area (Å²) in [5.41, 5.74) is 5.15. The highest BCUT2D eigenvalue weighted by Crippen LogP contribution is 2.20. The molecule has 5 heteroatoms. The SMILES string of the molecule is CCc1cccc(C)c1NC(=O)C[NH+]1CCN(c2ccc(C(C)=O)cc2)CC1. The van der Waals surface area contributed by atoms with Crippen LogP contribution in [0.2, 0.25) is 0 Å². The summed E-state index contributed by atoms with van der Waals surface area (Å²) in [5, 5.41) is 3.13. The second-order valence-electron chi connectivity index (χ2n) is 7.53. The Bertz CT molecular complexity index is 837. The molecule has 28 heavy (non-hydrogen) atoms. The zero-order valence-corrected chi connectivity index (χ0v) is 17.0. The van der Waals surface area contributed by atoms with Gasteiger partial charge in [0.1, 0.15) is 0 Å². The lowest BCUT2D eigenvalue weighted by molar-refractivity contribution is -0.892. The van der Waals surface area contributed by atoms with Crippen LogP contribution in [-0.2, 0) is 11.2 Å². The number of nitrogens with zero attached hydrogens (tertiary/aromatic N) is 1. The molecule has 0 aromatic heterocycles. The van der Waals surface area contributed by atoms with Crippen LogP contribution < -0.4 is 15.1 Å². The number of quaternary nitrogens is 1. The summed E-state index contributed by atoms with van der Waals surface area (Å²) in [6.07, 6.45) is 0.908. The highest BCUT2D eigenvalue weighted by Gasteiger charge is 2.23.